The highest BCUT2D eigenvalue weighted by Gasteiger charge is 2.17. The molecule has 0 radical (unpaired) electrons. The predicted octanol–water partition coefficient (Wildman–Crippen LogP) is 2.83. The van der Waals surface area contributed by atoms with Crippen molar-refractivity contribution in [1.82, 2.24) is 9.97 Å². The second-order valence-corrected chi connectivity index (χ2v) is 5.04. The molecule has 0 aliphatic rings. The Balaban J connectivity index is 1.80. The van der Waals surface area contributed by atoms with Gasteiger partial charge in [-0.1, -0.05) is 0 Å². The van der Waals surface area contributed by atoms with Crippen LogP contribution in [-0.4, -0.2) is 20.9 Å². The Labute approximate surface area is 124 Å². The maximum atomic E-state index is 12.5. The number of nitrogens with zero attached hydrogens (tertiary/aromatic N) is 1. The Morgan fingerprint density at radius 2 is 2.05 bits per heavy atom. The summed E-state index contributed by atoms with van der Waals surface area (Å²) < 4.78 is 5.54. The molecule has 6 nitrogen and oxygen atoms in total. The quantitative estimate of drug-likeness (QED) is 0.493. The molecule has 0 aliphatic carbocycles. The lowest BCUT2D eigenvalue weighted by Gasteiger charge is -1.92. The van der Waals surface area contributed by atoms with Crippen LogP contribution in [0.25, 0.3) is 21.9 Å². The second kappa shape index (κ2) is 4.36. The number of ketones is 1. The molecule has 108 valence electrons. The number of hydrogen-bond acceptors (Lipinski definition) is 5. The highest BCUT2D eigenvalue weighted by molar-refractivity contribution is 6.10. The number of aromatic hydroxyl groups is 1. The van der Waals surface area contributed by atoms with Crippen molar-refractivity contribution >= 4 is 33.5 Å². The molecule has 6 heteroatoms. The third-order valence-corrected chi connectivity index (χ3v) is 3.49. The summed E-state index contributed by atoms with van der Waals surface area (Å²) in [5.41, 5.74) is 7.30. The van der Waals surface area contributed by atoms with Crippen molar-refractivity contribution in [2.45, 2.75) is 0 Å². The van der Waals surface area contributed by atoms with Crippen molar-refractivity contribution < 1.29 is 14.3 Å². The van der Waals surface area contributed by atoms with Crippen molar-refractivity contribution in [2.24, 2.45) is 0 Å². The first-order chi connectivity index (χ1) is 10.6. The van der Waals surface area contributed by atoms with Crippen LogP contribution in [0.1, 0.15) is 16.2 Å². The molecule has 0 aliphatic heterocycles. The normalized spacial score (nSPS) is 11.3. The number of fused-ring (bicyclic) bond motifs is 2. The molecule has 3 heterocycles. The van der Waals surface area contributed by atoms with Gasteiger partial charge < -0.3 is 20.2 Å². The smallest absolute Gasteiger partial charge is 0.244 e. The van der Waals surface area contributed by atoms with E-state index in [9.17, 15) is 9.90 Å². The van der Waals surface area contributed by atoms with Crippen LogP contribution < -0.4 is 5.73 Å². The number of nitrogen functional groups attached to an aromatic ring is 1. The van der Waals surface area contributed by atoms with Crippen molar-refractivity contribution in [3.63, 3.8) is 0 Å². The molecule has 0 saturated carbocycles. The summed E-state index contributed by atoms with van der Waals surface area (Å²) in [4.78, 5) is 19.5. The van der Waals surface area contributed by atoms with E-state index in [0.717, 1.165) is 10.9 Å². The van der Waals surface area contributed by atoms with Crippen molar-refractivity contribution in [2.75, 3.05) is 5.73 Å². The van der Waals surface area contributed by atoms with Gasteiger partial charge in [-0.2, -0.15) is 0 Å². The van der Waals surface area contributed by atoms with Crippen LogP contribution >= 0.6 is 0 Å². The minimum absolute atomic E-state index is 0.125. The molecule has 0 atom stereocenters. The highest BCUT2D eigenvalue weighted by atomic mass is 16.3. The molecule has 3 aromatic heterocycles. The Bertz CT molecular complexity index is 948. The van der Waals surface area contributed by atoms with Crippen LogP contribution in [0.3, 0.4) is 0 Å². The minimum atomic E-state index is -0.273. The van der Waals surface area contributed by atoms with E-state index in [2.05, 4.69) is 9.97 Å². The van der Waals surface area contributed by atoms with Crippen molar-refractivity contribution in [3.05, 3.63) is 54.0 Å². The molecular weight excluding hydrogens is 282 g/mol. The lowest BCUT2D eigenvalue weighted by molar-refractivity contribution is 0.101. The number of carbonyl (C=O) groups is 1. The van der Waals surface area contributed by atoms with Gasteiger partial charge in [0.1, 0.15) is 17.2 Å². The van der Waals surface area contributed by atoms with Gasteiger partial charge in [0.15, 0.2) is 5.76 Å². The number of carbonyl (C=O) groups excluding carboxylic acids is 1. The Kier molecular flexibility index (Phi) is 2.47. The molecule has 22 heavy (non-hydrogen) atoms. The monoisotopic (exact) mass is 293 g/mol. The van der Waals surface area contributed by atoms with Crippen LogP contribution in [0.2, 0.25) is 0 Å². The Hall–Kier alpha value is -3.28. The van der Waals surface area contributed by atoms with Crippen molar-refractivity contribution in [3.8, 4) is 5.75 Å². The number of aromatic amines is 1. The zero-order valence-electron chi connectivity index (χ0n) is 11.3. The largest absolute Gasteiger partial charge is 0.508 e. The van der Waals surface area contributed by atoms with Gasteiger partial charge in [-0.25, -0.2) is 4.98 Å². The van der Waals surface area contributed by atoms with Gasteiger partial charge in [-0.3, -0.25) is 4.79 Å². The van der Waals surface area contributed by atoms with Gasteiger partial charge in [-0.15, -0.1) is 0 Å². The molecule has 4 N–H and O–H groups in total. The van der Waals surface area contributed by atoms with Gasteiger partial charge in [-0.05, 0) is 36.4 Å². The van der Waals surface area contributed by atoms with Crippen LogP contribution in [0.15, 0.2) is 47.0 Å². The fourth-order valence-electron chi connectivity index (χ4n) is 2.45. The third kappa shape index (κ3) is 1.89. The van der Waals surface area contributed by atoms with Crippen LogP contribution in [-0.2, 0) is 0 Å². The van der Waals surface area contributed by atoms with E-state index < -0.39 is 0 Å². The Morgan fingerprint density at radius 3 is 2.91 bits per heavy atom. The number of nitrogens with one attached hydrogen (secondary N) is 1. The number of benzene rings is 1. The molecule has 0 unspecified atom stereocenters. The molecular formula is C16H11N3O3. The molecule has 4 aromatic rings. The average Bonchev–Trinajstić information content (AvgIpc) is 3.08. The van der Waals surface area contributed by atoms with Crippen LogP contribution in [0.5, 0.6) is 5.75 Å². The van der Waals surface area contributed by atoms with Gasteiger partial charge in [0, 0.05) is 10.8 Å². The molecule has 0 spiro atoms. The summed E-state index contributed by atoms with van der Waals surface area (Å²) in [5, 5.41) is 10.9. The number of rotatable bonds is 2. The van der Waals surface area contributed by atoms with Gasteiger partial charge in [0.2, 0.25) is 5.78 Å². The first-order valence-electron chi connectivity index (χ1n) is 6.62. The van der Waals surface area contributed by atoms with Crippen LogP contribution in [0, 0.1) is 0 Å². The summed E-state index contributed by atoms with van der Waals surface area (Å²) in [6.45, 7) is 0. The standard InChI is InChI=1S/C16H11N3O3/c17-15-6-8-4-11(19-12(8)7-18-15)16(21)14-5-9-3-10(20)1-2-13(9)22-14/h1-7,19-20H,(H2,17,18). The molecule has 0 saturated heterocycles. The fourth-order valence-corrected chi connectivity index (χ4v) is 2.45. The van der Waals surface area contributed by atoms with Gasteiger partial charge in [0.05, 0.1) is 17.4 Å². The van der Waals surface area contributed by atoms with Gasteiger partial charge >= 0.3 is 0 Å². The second-order valence-electron chi connectivity index (χ2n) is 5.04. The first kappa shape index (κ1) is 12.5. The summed E-state index contributed by atoms with van der Waals surface area (Å²) >= 11 is 0. The first-order valence-corrected chi connectivity index (χ1v) is 6.62. The zero-order valence-corrected chi connectivity index (χ0v) is 11.3. The minimum Gasteiger partial charge on any atom is -0.508 e. The number of aromatic nitrogens is 2. The molecule has 0 fully saturated rings. The topological polar surface area (TPSA) is 105 Å². The van der Waals surface area contributed by atoms with E-state index >= 15 is 0 Å². The summed E-state index contributed by atoms with van der Waals surface area (Å²) in [7, 11) is 0. The number of hydrogen-bond donors (Lipinski definition) is 3. The third-order valence-electron chi connectivity index (χ3n) is 3.49. The van der Waals surface area contributed by atoms with E-state index in [-0.39, 0.29) is 17.3 Å². The van der Waals surface area contributed by atoms with E-state index in [1.165, 1.54) is 6.07 Å². The van der Waals surface area contributed by atoms with E-state index in [1.54, 1.807) is 36.5 Å². The number of nitrogens with two attached hydrogens (primary N) is 1. The van der Waals surface area contributed by atoms with E-state index in [1.807, 2.05) is 0 Å². The number of furan rings is 1. The SMILES string of the molecule is Nc1cc2cc(C(=O)c3cc4cc(O)ccc4o3)[nH]c2cn1. The molecule has 1 aromatic carbocycles. The maximum Gasteiger partial charge on any atom is 0.244 e. The Morgan fingerprint density at radius 1 is 1.18 bits per heavy atom. The molecule has 0 bridgehead atoms. The predicted molar refractivity (Wildman–Crippen MR) is 81.8 cm³/mol. The summed E-state index contributed by atoms with van der Waals surface area (Å²) in [6.07, 6.45) is 1.58. The number of phenols is 1. The highest BCUT2D eigenvalue weighted by Crippen LogP contribution is 2.26. The number of pyridine rings is 1. The lowest BCUT2D eigenvalue weighted by Crippen LogP contribution is -1.99. The number of anilines is 1. The van der Waals surface area contributed by atoms with E-state index in [4.69, 9.17) is 10.2 Å². The number of phenolic OH excluding ortho intramolecular Hbond substituents is 1. The average molecular weight is 293 g/mol. The van der Waals surface area contributed by atoms with Crippen LogP contribution in [0.4, 0.5) is 5.82 Å². The fraction of sp³-hybridized carbons (Fsp3) is 0. The van der Waals surface area contributed by atoms with Gasteiger partial charge in [0.25, 0.3) is 0 Å². The lowest BCUT2D eigenvalue weighted by atomic mass is 10.2. The number of H-pyrrole nitrogens is 1. The van der Waals surface area contributed by atoms with Crippen molar-refractivity contribution in [1.29, 1.82) is 0 Å². The molecule has 4 rings (SSSR count). The summed E-state index contributed by atoms with van der Waals surface area (Å²) in [6, 6.07) is 9.69. The summed E-state index contributed by atoms with van der Waals surface area (Å²) in [5.74, 6) is 0.447. The zero-order chi connectivity index (χ0) is 15.3. The molecule has 0 amide bonds. The van der Waals surface area contributed by atoms with E-state index in [0.29, 0.717) is 22.5 Å². The maximum absolute atomic E-state index is 12.5.